The van der Waals surface area contributed by atoms with Crippen LogP contribution in [0.3, 0.4) is 0 Å². The average Bonchev–Trinajstić information content (AvgIpc) is 2.47. The van der Waals surface area contributed by atoms with E-state index in [4.69, 9.17) is 10.2 Å². The smallest absolute Gasteiger partial charge is 0.221 e. The van der Waals surface area contributed by atoms with Crippen LogP contribution in [0.5, 0.6) is 0 Å². The number of benzene rings is 1. The Hall–Kier alpha value is -1.77. The van der Waals surface area contributed by atoms with Crippen LogP contribution < -0.4 is 5.73 Å². The van der Waals surface area contributed by atoms with Gasteiger partial charge in [-0.2, -0.15) is 0 Å². The largest absolute Gasteiger partial charge is 0.464 e. The maximum absolute atomic E-state index is 10.8. The van der Waals surface area contributed by atoms with Crippen LogP contribution >= 0.6 is 0 Å². The third-order valence-electron chi connectivity index (χ3n) is 2.17. The van der Waals surface area contributed by atoms with Crippen molar-refractivity contribution >= 4 is 16.9 Å². The molecule has 2 aromatic rings. The SMILES string of the molecule is Cc1ccc2occ(CC(N)=O)c2c1. The van der Waals surface area contributed by atoms with Crippen LogP contribution in [0, 0.1) is 6.92 Å². The predicted octanol–water partition coefficient (Wildman–Crippen LogP) is 1.77. The van der Waals surface area contributed by atoms with Crippen LogP contribution in [0.15, 0.2) is 28.9 Å². The lowest BCUT2D eigenvalue weighted by atomic mass is 10.1. The third kappa shape index (κ3) is 1.48. The summed E-state index contributed by atoms with van der Waals surface area (Å²) in [5, 5.41) is 0.976. The summed E-state index contributed by atoms with van der Waals surface area (Å²) in [6.45, 7) is 2.00. The molecule has 0 aliphatic rings. The molecular formula is C11H11NO2. The fourth-order valence-electron chi connectivity index (χ4n) is 1.52. The summed E-state index contributed by atoms with van der Waals surface area (Å²) >= 11 is 0. The van der Waals surface area contributed by atoms with Crippen LogP contribution in [0.4, 0.5) is 0 Å². The van der Waals surface area contributed by atoms with Gasteiger partial charge in [0, 0.05) is 10.9 Å². The van der Waals surface area contributed by atoms with Gasteiger partial charge >= 0.3 is 0 Å². The first-order valence-electron chi connectivity index (χ1n) is 4.42. The lowest BCUT2D eigenvalue weighted by Crippen LogP contribution is -2.13. The van der Waals surface area contributed by atoms with Crippen LogP contribution in [0.25, 0.3) is 11.0 Å². The van der Waals surface area contributed by atoms with Crippen molar-refractivity contribution in [2.45, 2.75) is 13.3 Å². The zero-order valence-electron chi connectivity index (χ0n) is 7.91. The molecule has 0 radical (unpaired) electrons. The van der Waals surface area contributed by atoms with Crippen molar-refractivity contribution in [3.05, 3.63) is 35.6 Å². The molecule has 3 heteroatoms. The van der Waals surface area contributed by atoms with Gasteiger partial charge in [0.25, 0.3) is 0 Å². The van der Waals surface area contributed by atoms with Gasteiger partial charge in [0.15, 0.2) is 0 Å². The minimum Gasteiger partial charge on any atom is -0.464 e. The molecule has 1 aromatic carbocycles. The van der Waals surface area contributed by atoms with Gasteiger partial charge in [-0.25, -0.2) is 0 Å². The summed E-state index contributed by atoms with van der Waals surface area (Å²) in [4.78, 5) is 10.8. The number of aryl methyl sites for hydroxylation is 1. The van der Waals surface area contributed by atoms with E-state index in [1.165, 1.54) is 0 Å². The second kappa shape index (κ2) is 3.18. The second-order valence-electron chi connectivity index (χ2n) is 3.40. The third-order valence-corrected chi connectivity index (χ3v) is 2.17. The highest BCUT2D eigenvalue weighted by atomic mass is 16.3. The van der Waals surface area contributed by atoms with Crippen LogP contribution in [0.2, 0.25) is 0 Å². The highest BCUT2D eigenvalue weighted by Crippen LogP contribution is 2.22. The lowest BCUT2D eigenvalue weighted by molar-refractivity contribution is -0.117. The monoisotopic (exact) mass is 189 g/mol. The molecule has 0 spiro atoms. The Morgan fingerprint density at radius 2 is 2.29 bits per heavy atom. The van der Waals surface area contributed by atoms with Gasteiger partial charge in [0.05, 0.1) is 12.7 Å². The van der Waals surface area contributed by atoms with E-state index in [0.29, 0.717) is 0 Å². The van der Waals surface area contributed by atoms with Crippen molar-refractivity contribution in [1.29, 1.82) is 0 Å². The molecule has 0 bridgehead atoms. The Bertz CT molecular complexity index is 485. The summed E-state index contributed by atoms with van der Waals surface area (Å²) in [6.07, 6.45) is 1.82. The molecule has 1 amide bonds. The van der Waals surface area contributed by atoms with Crippen molar-refractivity contribution in [2.24, 2.45) is 5.73 Å². The number of carbonyl (C=O) groups excluding carboxylic acids is 1. The molecule has 0 fully saturated rings. The highest BCUT2D eigenvalue weighted by molar-refractivity contribution is 5.87. The molecule has 0 unspecified atom stereocenters. The van der Waals surface area contributed by atoms with E-state index in [2.05, 4.69) is 0 Å². The Morgan fingerprint density at radius 3 is 3.00 bits per heavy atom. The molecular weight excluding hydrogens is 178 g/mol. The fourth-order valence-corrected chi connectivity index (χ4v) is 1.52. The van der Waals surface area contributed by atoms with Gasteiger partial charge in [-0.3, -0.25) is 4.79 Å². The number of furan rings is 1. The summed E-state index contributed by atoms with van der Waals surface area (Å²) in [7, 11) is 0. The highest BCUT2D eigenvalue weighted by Gasteiger charge is 2.07. The number of carbonyl (C=O) groups is 1. The number of fused-ring (bicyclic) bond motifs is 1. The maximum Gasteiger partial charge on any atom is 0.221 e. The van der Waals surface area contributed by atoms with Gasteiger partial charge in [-0.05, 0) is 19.1 Å². The maximum atomic E-state index is 10.8. The Balaban J connectivity index is 2.55. The second-order valence-corrected chi connectivity index (χ2v) is 3.40. The lowest BCUT2D eigenvalue weighted by Gasteiger charge is -1.95. The molecule has 3 nitrogen and oxygen atoms in total. The minimum absolute atomic E-state index is 0.233. The number of hydrogen-bond acceptors (Lipinski definition) is 2. The topological polar surface area (TPSA) is 56.2 Å². The molecule has 2 rings (SSSR count). The van der Waals surface area contributed by atoms with Crippen LogP contribution in [-0.4, -0.2) is 5.91 Å². The standard InChI is InChI=1S/C11H11NO2/c1-7-2-3-10-9(4-7)8(6-14-10)5-11(12)13/h2-4,6H,5H2,1H3,(H2,12,13). The number of hydrogen-bond donors (Lipinski definition) is 1. The van der Waals surface area contributed by atoms with Gasteiger partial charge in [0.2, 0.25) is 5.91 Å². The first-order chi connectivity index (χ1) is 6.66. The summed E-state index contributed by atoms with van der Waals surface area (Å²) < 4.78 is 5.30. The van der Waals surface area contributed by atoms with Gasteiger partial charge < -0.3 is 10.2 Å². The molecule has 14 heavy (non-hydrogen) atoms. The average molecular weight is 189 g/mol. The van der Waals surface area contributed by atoms with Crippen molar-refractivity contribution < 1.29 is 9.21 Å². The van der Waals surface area contributed by atoms with Gasteiger partial charge in [-0.15, -0.1) is 0 Å². The predicted molar refractivity (Wildman–Crippen MR) is 53.8 cm³/mol. The molecule has 1 aromatic heterocycles. The van der Waals surface area contributed by atoms with E-state index in [1.54, 1.807) is 6.26 Å². The zero-order valence-corrected chi connectivity index (χ0v) is 7.91. The number of amides is 1. The van der Waals surface area contributed by atoms with Crippen LogP contribution in [-0.2, 0) is 11.2 Å². The molecule has 0 saturated heterocycles. The van der Waals surface area contributed by atoms with E-state index in [-0.39, 0.29) is 12.3 Å². The molecule has 72 valence electrons. The van der Waals surface area contributed by atoms with E-state index in [0.717, 1.165) is 22.1 Å². The Labute approximate surface area is 81.5 Å². The van der Waals surface area contributed by atoms with Crippen molar-refractivity contribution in [3.8, 4) is 0 Å². The molecule has 0 atom stereocenters. The van der Waals surface area contributed by atoms with E-state index in [9.17, 15) is 4.79 Å². The fraction of sp³-hybridized carbons (Fsp3) is 0.182. The van der Waals surface area contributed by atoms with E-state index >= 15 is 0 Å². The van der Waals surface area contributed by atoms with Crippen molar-refractivity contribution in [2.75, 3.05) is 0 Å². The molecule has 0 saturated carbocycles. The molecule has 0 aliphatic carbocycles. The van der Waals surface area contributed by atoms with Gasteiger partial charge in [0.1, 0.15) is 5.58 Å². The zero-order chi connectivity index (χ0) is 10.1. The molecule has 0 aliphatic heterocycles. The molecule has 1 heterocycles. The first kappa shape index (κ1) is 8.81. The summed E-state index contributed by atoms with van der Waals surface area (Å²) in [5.41, 5.74) is 7.93. The van der Waals surface area contributed by atoms with E-state index < -0.39 is 0 Å². The summed E-state index contributed by atoms with van der Waals surface area (Å²) in [5.74, 6) is -0.339. The van der Waals surface area contributed by atoms with Crippen LogP contribution in [0.1, 0.15) is 11.1 Å². The number of rotatable bonds is 2. The van der Waals surface area contributed by atoms with E-state index in [1.807, 2.05) is 25.1 Å². The van der Waals surface area contributed by atoms with Crippen molar-refractivity contribution in [3.63, 3.8) is 0 Å². The quantitative estimate of drug-likeness (QED) is 0.782. The normalized spacial score (nSPS) is 10.6. The Kier molecular flexibility index (Phi) is 2.00. The van der Waals surface area contributed by atoms with Gasteiger partial charge in [-0.1, -0.05) is 11.6 Å². The Morgan fingerprint density at radius 1 is 1.50 bits per heavy atom. The minimum atomic E-state index is -0.339. The number of primary amides is 1. The molecule has 2 N–H and O–H groups in total. The first-order valence-corrected chi connectivity index (χ1v) is 4.42. The summed E-state index contributed by atoms with van der Waals surface area (Å²) in [6, 6.07) is 5.87. The van der Waals surface area contributed by atoms with Crippen molar-refractivity contribution in [1.82, 2.24) is 0 Å². The number of nitrogens with two attached hydrogens (primary N) is 1.